The first-order chi connectivity index (χ1) is 13.3. The van der Waals surface area contributed by atoms with Gasteiger partial charge in [0.2, 0.25) is 0 Å². The van der Waals surface area contributed by atoms with Crippen molar-refractivity contribution < 1.29 is 4.79 Å². The minimum Gasteiger partial charge on any atom is -0.337 e. The number of imidazole rings is 1. The van der Waals surface area contributed by atoms with Crippen LogP contribution < -0.4 is 0 Å². The summed E-state index contributed by atoms with van der Waals surface area (Å²) in [5.41, 5.74) is 1.73. The highest BCUT2D eigenvalue weighted by atomic mass is 16.2. The van der Waals surface area contributed by atoms with Crippen molar-refractivity contribution in [1.82, 2.24) is 34.1 Å². The largest absolute Gasteiger partial charge is 0.337 e. The fourth-order valence-electron chi connectivity index (χ4n) is 3.36. The molecule has 3 heterocycles. The zero-order valence-electron chi connectivity index (χ0n) is 15.2. The summed E-state index contributed by atoms with van der Waals surface area (Å²) < 4.78 is 3.91. The molecule has 2 aromatic heterocycles. The number of nitrogens with zero attached hydrogens (tertiary/aromatic N) is 7. The fraction of sp³-hybridized carbons (Fsp3) is 0.368. The van der Waals surface area contributed by atoms with E-state index in [1.807, 2.05) is 44.5 Å². The number of aromatic nitrogens is 5. The first-order valence-electron chi connectivity index (χ1n) is 9.22. The average molecular weight is 365 g/mol. The fourth-order valence-corrected chi connectivity index (χ4v) is 3.36. The van der Waals surface area contributed by atoms with Crippen LogP contribution in [0.25, 0.3) is 5.69 Å². The van der Waals surface area contributed by atoms with E-state index in [1.165, 1.54) is 0 Å². The van der Waals surface area contributed by atoms with Gasteiger partial charge in [-0.3, -0.25) is 9.69 Å². The highest BCUT2D eigenvalue weighted by Crippen LogP contribution is 2.13. The van der Waals surface area contributed by atoms with E-state index in [9.17, 15) is 4.79 Å². The molecule has 27 heavy (non-hydrogen) atoms. The lowest BCUT2D eigenvalue weighted by Crippen LogP contribution is -2.36. The number of rotatable bonds is 5. The van der Waals surface area contributed by atoms with Crippen LogP contribution in [0.2, 0.25) is 0 Å². The van der Waals surface area contributed by atoms with Crippen LogP contribution in [-0.4, -0.2) is 72.7 Å². The maximum absolute atomic E-state index is 12.9. The Kier molecular flexibility index (Phi) is 5.24. The van der Waals surface area contributed by atoms with Crippen molar-refractivity contribution in [3.8, 4) is 5.69 Å². The van der Waals surface area contributed by atoms with Crippen molar-refractivity contribution in [1.29, 1.82) is 0 Å². The zero-order chi connectivity index (χ0) is 18.5. The number of amides is 1. The maximum Gasteiger partial charge on any atom is 0.253 e. The van der Waals surface area contributed by atoms with Gasteiger partial charge >= 0.3 is 0 Å². The molecule has 0 spiro atoms. The Morgan fingerprint density at radius 2 is 1.74 bits per heavy atom. The van der Waals surface area contributed by atoms with Crippen LogP contribution in [0.1, 0.15) is 16.8 Å². The molecule has 140 valence electrons. The van der Waals surface area contributed by atoms with Gasteiger partial charge in [-0.25, -0.2) is 4.98 Å². The van der Waals surface area contributed by atoms with Gasteiger partial charge in [-0.2, -0.15) is 0 Å². The van der Waals surface area contributed by atoms with Crippen molar-refractivity contribution in [3.05, 3.63) is 61.2 Å². The molecule has 1 amide bonds. The molecule has 0 radical (unpaired) electrons. The van der Waals surface area contributed by atoms with Crippen LogP contribution in [0, 0.1) is 0 Å². The van der Waals surface area contributed by atoms with E-state index in [0.717, 1.165) is 56.9 Å². The minimum absolute atomic E-state index is 0.104. The molecule has 4 rings (SSSR count). The molecule has 1 fully saturated rings. The number of hydrogen-bond donors (Lipinski definition) is 0. The van der Waals surface area contributed by atoms with Crippen molar-refractivity contribution in [3.63, 3.8) is 0 Å². The highest BCUT2D eigenvalue weighted by Gasteiger charge is 2.20. The Bertz CT molecular complexity index is 843. The second-order valence-corrected chi connectivity index (χ2v) is 6.70. The van der Waals surface area contributed by atoms with E-state index in [2.05, 4.69) is 20.1 Å². The Balaban J connectivity index is 1.33. The molecular weight excluding hydrogens is 342 g/mol. The summed E-state index contributed by atoms with van der Waals surface area (Å²) in [4.78, 5) is 21.3. The molecule has 0 bridgehead atoms. The van der Waals surface area contributed by atoms with Crippen LogP contribution in [0.4, 0.5) is 0 Å². The monoisotopic (exact) mass is 365 g/mol. The summed E-state index contributed by atoms with van der Waals surface area (Å²) in [5.74, 6) is 0.104. The number of carbonyl (C=O) groups is 1. The van der Waals surface area contributed by atoms with Gasteiger partial charge in [0, 0.05) is 56.4 Å². The quantitative estimate of drug-likeness (QED) is 0.682. The Morgan fingerprint density at radius 3 is 2.48 bits per heavy atom. The molecule has 1 aliphatic heterocycles. The second-order valence-electron chi connectivity index (χ2n) is 6.70. The van der Waals surface area contributed by atoms with Crippen LogP contribution >= 0.6 is 0 Å². The SMILES string of the molecule is O=C(c1ccc(-n2ccnc2)cc1)N1CCCN(CCn2cnnc2)CC1. The van der Waals surface area contributed by atoms with Gasteiger partial charge in [0.1, 0.15) is 12.7 Å². The van der Waals surface area contributed by atoms with Crippen LogP contribution in [-0.2, 0) is 6.54 Å². The summed E-state index contributed by atoms with van der Waals surface area (Å²) in [7, 11) is 0. The predicted octanol–water partition coefficient (Wildman–Crippen LogP) is 1.31. The average Bonchev–Trinajstić information content (AvgIpc) is 3.37. The standard InChI is InChI=1S/C19H23N7O/c27-19(17-2-4-18(5-3-17)26-9-6-20-14-26)25-8-1-7-23(12-13-25)10-11-24-15-21-22-16-24/h2-6,9,14-16H,1,7-8,10-13H2. The topological polar surface area (TPSA) is 72.1 Å². The summed E-state index contributed by atoms with van der Waals surface area (Å²) in [6.45, 7) is 5.26. The molecular formula is C19H23N7O. The predicted molar refractivity (Wildman–Crippen MR) is 101 cm³/mol. The van der Waals surface area contributed by atoms with Crippen LogP contribution in [0.15, 0.2) is 55.6 Å². The van der Waals surface area contributed by atoms with Crippen LogP contribution in [0.3, 0.4) is 0 Å². The van der Waals surface area contributed by atoms with Crippen molar-refractivity contribution >= 4 is 5.91 Å². The third-order valence-corrected chi connectivity index (χ3v) is 4.93. The lowest BCUT2D eigenvalue weighted by molar-refractivity contribution is 0.0761. The molecule has 1 aromatic carbocycles. The lowest BCUT2D eigenvalue weighted by atomic mass is 10.1. The summed E-state index contributed by atoms with van der Waals surface area (Å²) in [5, 5.41) is 7.66. The molecule has 1 aliphatic rings. The van der Waals surface area contributed by atoms with Gasteiger partial charge in [0.05, 0.1) is 6.33 Å². The molecule has 8 heteroatoms. The van der Waals surface area contributed by atoms with Gasteiger partial charge in [-0.05, 0) is 37.2 Å². The molecule has 8 nitrogen and oxygen atoms in total. The van der Waals surface area contributed by atoms with Crippen molar-refractivity contribution in [2.24, 2.45) is 0 Å². The van der Waals surface area contributed by atoms with Crippen LogP contribution in [0.5, 0.6) is 0 Å². The lowest BCUT2D eigenvalue weighted by Gasteiger charge is -2.22. The van der Waals surface area contributed by atoms with Gasteiger partial charge in [-0.1, -0.05) is 0 Å². The molecule has 0 saturated carbocycles. The molecule has 3 aromatic rings. The minimum atomic E-state index is 0.104. The van der Waals surface area contributed by atoms with E-state index in [0.29, 0.717) is 0 Å². The van der Waals surface area contributed by atoms with E-state index < -0.39 is 0 Å². The first-order valence-corrected chi connectivity index (χ1v) is 9.22. The van der Waals surface area contributed by atoms with Crippen molar-refractivity contribution in [2.45, 2.75) is 13.0 Å². The van der Waals surface area contributed by atoms with E-state index in [1.54, 1.807) is 25.2 Å². The van der Waals surface area contributed by atoms with Gasteiger partial charge in [0.25, 0.3) is 5.91 Å². The third kappa shape index (κ3) is 4.22. The van der Waals surface area contributed by atoms with Crippen molar-refractivity contribution in [2.75, 3.05) is 32.7 Å². The molecule has 1 saturated heterocycles. The summed E-state index contributed by atoms with van der Waals surface area (Å²) >= 11 is 0. The normalized spacial score (nSPS) is 15.6. The molecule has 0 N–H and O–H groups in total. The Morgan fingerprint density at radius 1 is 0.926 bits per heavy atom. The molecule has 0 unspecified atom stereocenters. The van der Waals surface area contributed by atoms with Gasteiger partial charge < -0.3 is 14.0 Å². The van der Waals surface area contributed by atoms with E-state index >= 15 is 0 Å². The molecule has 0 aliphatic carbocycles. The van der Waals surface area contributed by atoms with Gasteiger partial charge in [0.15, 0.2) is 0 Å². The van der Waals surface area contributed by atoms with E-state index in [-0.39, 0.29) is 5.91 Å². The Labute approximate surface area is 158 Å². The van der Waals surface area contributed by atoms with E-state index in [4.69, 9.17) is 0 Å². The second kappa shape index (κ2) is 8.13. The third-order valence-electron chi connectivity index (χ3n) is 4.93. The summed E-state index contributed by atoms with van der Waals surface area (Å²) in [6, 6.07) is 7.70. The highest BCUT2D eigenvalue weighted by molar-refractivity contribution is 5.94. The first kappa shape index (κ1) is 17.4. The smallest absolute Gasteiger partial charge is 0.253 e. The zero-order valence-corrected chi connectivity index (χ0v) is 15.2. The maximum atomic E-state index is 12.9. The number of hydrogen-bond acceptors (Lipinski definition) is 5. The number of carbonyl (C=O) groups excluding carboxylic acids is 1. The van der Waals surface area contributed by atoms with Gasteiger partial charge in [-0.15, -0.1) is 10.2 Å². The number of benzene rings is 1. The Hall–Kier alpha value is -3.00. The summed E-state index contributed by atoms with van der Waals surface area (Å²) in [6.07, 6.45) is 9.84. The molecule has 0 atom stereocenters.